The van der Waals surface area contributed by atoms with E-state index in [9.17, 15) is 33.9 Å². The summed E-state index contributed by atoms with van der Waals surface area (Å²) in [5, 5.41) is 28.6. The molecule has 4 atom stereocenters. The quantitative estimate of drug-likeness (QED) is 0.0993. The predicted molar refractivity (Wildman–Crippen MR) is 177 cm³/mol. The molecule has 3 aromatic rings. The third kappa shape index (κ3) is 13.1. The van der Waals surface area contributed by atoms with Gasteiger partial charge in [0.05, 0.1) is 31.4 Å². The number of aromatic nitrogens is 4. The molecule has 2 amide bonds. The number of rotatable bonds is 20. The number of nitrogens with zero attached hydrogens (tertiary/aromatic N) is 3. The van der Waals surface area contributed by atoms with Crippen LogP contribution in [0.15, 0.2) is 72.8 Å². The summed E-state index contributed by atoms with van der Waals surface area (Å²) >= 11 is 0. The van der Waals surface area contributed by atoms with Gasteiger partial charge in [0.25, 0.3) is 0 Å². The molecule has 266 valence electrons. The van der Waals surface area contributed by atoms with Crippen LogP contribution in [-0.2, 0) is 51.3 Å². The molecule has 0 aliphatic heterocycles. The first kappa shape index (κ1) is 38.7. The van der Waals surface area contributed by atoms with E-state index in [0.717, 1.165) is 5.56 Å². The fraction of sp³-hybridized carbons (Fsp3) is 0.400. The van der Waals surface area contributed by atoms with Crippen LogP contribution in [0.4, 0.5) is 0 Å². The van der Waals surface area contributed by atoms with Gasteiger partial charge >= 0.3 is 17.9 Å². The van der Waals surface area contributed by atoms with Gasteiger partial charge in [-0.05, 0) is 24.0 Å². The zero-order valence-electron chi connectivity index (χ0n) is 28.1. The number of ketones is 1. The number of benzene rings is 2. The van der Waals surface area contributed by atoms with Gasteiger partial charge in [0.15, 0.2) is 11.6 Å². The molecule has 0 unspecified atom stereocenters. The summed E-state index contributed by atoms with van der Waals surface area (Å²) in [6.45, 7) is 5.30. The molecule has 0 saturated carbocycles. The maximum atomic E-state index is 13.9. The first-order chi connectivity index (χ1) is 24.0. The van der Waals surface area contributed by atoms with Crippen LogP contribution in [0.1, 0.15) is 63.0 Å². The summed E-state index contributed by atoms with van der Waals surface area (Å²) in [7, 11) is 0. The molecule has 1 heterocycles. The van der Waals surface area contributed by atoms with E-state index < -0.39 is 72.3 Å². The number of tetrazole rings is 1. The van der Waals surface area contributed by atoms with Gasteiger partial charge in [-0.2, -0.15) is 5.21 Å². The SMILES string of the molecule is CCOC(=O)/C=C/[C@H](Cc1nn[nH]n1)NC(=O)[C@@H](CC(=O)[C@@H](NC(=O)[C@H](CC(=O)O)CC(=O)OCc1ccccc1)c1ccccc1)C(C)C. The number of aromatic amines is 1. The van der Waals surface area contributed by atoms with E-state index in [0.29, 0.717) is 5.56 Å². The van der Waals surface area contributed by atoms with E-state index in [2.05, 4.69) is 31.3 Å². The van der Waals surface area contributed by atoms with Crippen LogP contribution in [0.2, 0.25) is 0 Å². The Hall–Kier alpha value is -5.73. The molecule has 0 aliphatic carbocycles. The van der Waals surface area contributed by atoms with Gasteiger partial charge in [-0.1, -0.05) is 85.8 Å². The molecule has 3 rings (SSSR count). The summed E-state index contributed by atoms with van der Waals surface area (Å²) in [6.07, 6.45) is 1.18. The average molecular weight is 691 g/mol. The lowest BCUT2D eigenvalue weighted by atomic mass is 9.86. The lowest BCUT2D eigenvalue weighted by Crippen LogP contribution is -2.44. The van der Waals surface area contributed by atoms with Crippen molar-refractivity contribution in [2.45, 2.75) is 65.1 Å². The Balaban J connectivity index is 1.78. The molecule has 15 heteroatoms. The van der Waals surface area contributed by atoms with E-state index in [1.54, 1.807) is 81.4 Å². The first-order valence-corrected chi connectivity index (χ1v) is 16.1. The van der Waals surface area contributed by atoms with E-state index >= 15 is 0 Å². The highest BCUT2D eigenvalue weighted by atomic mass is 16.5. The smallest absolute Gasteiger partial charge is 0.330 e. The molecule has 0 aliphatic rings. The minimum Gasteiger partial charge on any atom is -0.481 e. The summed E-state index contributed by atoms with van der Waals surface area (Å²) in [4.78, 5) is 77.4. The van der Waals surface area contributed by atoms with Crippen molar-refractivity contribution in [1.29, 1.82) is 0 Å². The molecule has 2 aromatic carbocycles. The average Bonchev–Trinajstić information content (AvgIpc) is 3.60. The highest BCUT2D eigenvalue weighted by molar-refractivity contribution is 5.95. The molecule has 0 bridgehead atoms. The number of hydrogen-bond donors (Lipinski definition) is 4. The highest BCUT2D eigenvalue weighted by Gasteiger charge is 2.34. The number of ether oxygens (including phenoxy) is 2. The highest BCUT2D eigenvalue weighted by Crippen LogP contribution is 2.24. The third-order valence-electron chi connectivity index (χ3n) is 7.62. The summed E-state index contributed by atoms with van der Waals surface area (Å²) in [5.74, 6) is -6.83. The van der Waals surface area contributed by atoms with Gasteiger partial charge in [-0.15, -0.1) is 10.2 Å². The summed E-state index contributed by atoms with van der Waals surface area (Å²) in [6, 6.07) is 15.1. The van der Waals surface area contributed by atoms with Crippen LogP contribution in [0, 0.1) is 17.8 Å². The van der Waals surface area contributed by atoms with Crippen molar-refractivity contribution in [1.82, 2.24) is 31.3 Å². The normalized spacial score (nSPS) is 13.5. The van der Waals surface area contributed by atoms with Gasteiger partial charge in [-0.3, -0.25) is 24.0 Å². The Morgan fingerprint density at radius 1 is 0.880 bits per heavy atom. The van der Waals surface area contributed by atoms with Gasteiger partial charge in [0, 0.05) is 24.8 Å². The topological polar surface area (TPSA) is 220 Å². The van der Waals surface area contributed by atoms with Crippen molar-refractivity contribution >= 4 is 35.5 Å². The number of hydrogen-bond acceptors (Lipinski definition) is 11. The zero-order valence-corrected chi connectivity index (χ0v) is 28.1. The summed E-state index contributed by atoms with van der Waals surface area (Å²) < 4.78 is 10.2. The maximum Gasteiger partial charge on any atom is 0.330 e. The van der Waals surface area contributed by atoms with Gasteiger partial charge in [-0.25, -0.2) is 4.79 Å². The first-order valence-electron chi connectivity index (χ1n) is 16.1. The fourth-order valence-electron chi connectivity index (χ4n) is 5.00. The van der Waals surface area contributed by atoms with Crippen LogP contribution < -0.4 is 10.6 Å². The summed E-state index contributed by atoms with van der Waals surface area (Å²) in [5.41, 5.74) is 1.12. The van der Waals surface area contributed by atoms with Crippen molar-refractivity contribution in [3.05, 3.63) is 89.8 Å². The van der Waals surface area contributed by atoms with Crippen LogP contribution in [0.25, 0.3) is 0 Å². The molecular weight excluding hydrogens is 648 g/mol. The number of carboxylic acid groups (broad SMARTS) is 1. The monoisotopic (exact) mass is 690 g/mol. The zero-order chi connectivity index (χ0) is 36.5. The fourth-order valence-corrected chi connectivity index (χ4v) is 5.00. The van der Waals surface area contributed by atoms with Crippen LogP contribution in [0.5, 0.6) is 0 Å². The van der Waals surface area contributed by atoms with Gasteiger partial charge in [0.2, 0.25) is 11.8 Å². The molecule has 1 aromatic heterocycles. The van der Waals surface area contributed by atoms with Crippen LogP contribution in [-0.4, -0.2) is 73.9 Å². The van der Waals surface area contributed by atoms with Crippen molar-refractivity contribution in [2.75, 3.05) is 6.61 Å². The molecule has 50 heavy (non-hydrogen) atoms. The number of H-pyrrole nitrogens is 1. The number of carboxylic acids is 1. The molecule has 4 N–H and O–H groups in total. The number of Topliss-reactive ketones (excluding diaryl/α,β-unsaturated/α-hetero) is 1. The van der Waals surface area contributed by atoms with Gasteiger partial charge < -0.3 is 25.2 Å². The molecule has 0 fully saturated rings. The minimum absolute atomic E-state index is 0.0561. The Labute approximate surface area is 289 Å². The molecule has 0 radical (unpaired) electrons. The maximum absolute atomic E-state index is 13.9. The lowest BCUT2D eigenvalue weighted by molar-refractivity contribution is -0.150. The number of amides is 2. The second-order valence-corrected chi connectivity index (χ2v) is 11.8. The largest absolute Gasteiger partial charge is 0.481 e. The molecule has 0 spiro atoms. The molecular formula is C35H42N6O9. The predicted octanol–water partition coefficient (Wildman–Crippen LogP) is 2.66. The second-order valence-electron chi connectivity index (χ2n) is 11.8. The Bertz CT molecular complexity index is 1600. The lowest BCUT2D eigenvalue weighted by Gasteiger charge is -2.26. The van der Waals surface area contributed by atoms with Crippen molar-refractivity contribution in [3.8, 4) is 0 Å². The number of aliphatic carboxylic acids is 1. The van der Waals surface area contributed by atoms with Crippen LogP contribution in [0.3, 0.4) is 0 Å². The van der Waals surface area contributed by atoms with Crippen molar-refractivity contribution < 1.29 is 43.3 Å². The van der Waals surface area contributed by atoms with Gasteiger partial charge in [0.1, 0.15) is 12.6 Å². The molecule has 15 nitrogen and oxygen atoms in total. The second kappa shape index (κ2) is 19.9. The Morgan fingerprint density at radius 3 is 2.16 bits per heavy atom. The number of esters is 2. The van der Waals surface area contributed by atoms with E-state index in [4.69, 9.17) is 9.47 Å². The van der Waals surface area contributed by atoms with Crippen molar-refractivity contribution in [2.24, 2.45) is 17.8 Å². The minimum atomic E-state index is -1.34. The van der Waals surface area contributed by atoms with Crippen LogP contribution >= 0.6 is 0 Å². The standard InChI is InChI=1S/C35H42N6O9/c1-4-49-31(45)16-15-26(19-29-38-40-41-39-29)36-35(48)27(22(2)3)20-28(42)33(24-13-9-6-10-14-24)37-34(47)25(17-30(43)44)18-32(46)50-21-23-11-7-5-8-12-23/h5-16,22,25-27,33H,4,17-21H2,1-3H3,(H,36,48)(H,37,47)(H,43,44)(H,38,39,40,41)/b16-15+/t25-,26-,27+,33+/m1/s1. The Kier molecular flexibility index (Phi) is 15.4. The van der Waals surface area contributed by atoms with E-state index in [1.807, 2.05) is 0 Å². The number of carbonyl (C=O) groups excluding carboxylic acids is 5. The number of carbonyl (C=O) groups is 6. The van der Waals surface area contributed by atoms with E-state index in [-0.39, 0.29) is 37.8 Å². The molecule has 0 saturated heterocycles. The Morgan fingerprint density at radius 2 is 1.56 bits per heavy atom. The third-order valence-corrected chi connectivity index (χ3v) is 7.62. The number of nitrogens with one attached hydrogen (secondary N) is 3. The van der Waals surface area contributed by atoms with Crippen molar-refractivity contribution in [3.63, 3.8) is 0 Å². The van der Waals surface area contributed by atoms with E-state index in [1.165, 1.54) is 12.2 Å².